The lowest BCUT2D eigenvalue weighted by atomic mass is 10.0. The second kappa shape index (κ2) is 3.81. The van der Waals surface area contributed by atoms with Crippen LogP contribution in [0, 0.1) is 11.8 Å². The zero-order chi connectivity index (χ0) is 11.9. The molecule has 5 heteroatoms. The first kappa shape index (κ1) is 11.0. The van der Waals surface area contributed by atoms with Gasteiger partial charge in [-0.3, -0.25) is 9.48 Å². The summed E-state index contributed by atoms with van der Waals surface area (Å²) < 4.78 is 1.55. The lowest BCUT2D eigenvalue weighted by molar-refractivity contribution is 0.0775. The Kier molecular flexibility index (Phi) is 2.61. The lowest BCUT2D eigenvalue weighted by Crippen LogP contribution is -2.31. The predicted octanol–water partition coefficient (Wildman–Crippen LogP) is 0.730. The van der Waals surface area contributed by atoms with Crippen molar-refractivity contribution in [2.45, 2.75) is 13.8 Å². The van der Waals surface area contributed by atoms with Crippen LogP contribution in [-0.2, 0) is 7.05 Å². The molecule has 0 saturated carbocycles. The van der Waals surface area contributed by atoms with E-state index < -0.39 is 0 Å². The van der Waals surface area contributed by atoms with Crippen LogP contribution in [0.2, 0.25) is 0 Å². The predicted molar refractivity (Wildman–Crippen MR) is 61.9 cm³/mol. The van der Waals surface area contributed by atoms with Gasteiger partial charge in [0.05, 0.1) is 11.9 Å². The van der Waals surface area contributed by atoms with Crippen LogP contribution in [0.3, 0.4) is 0 Å². The van der Waals surface area contributed by atoms with Crippen molar-refractivity contribution in [1.29, 1.82) is 0 Å². The lowest BCUT2D eigenvalue weighted by Gasteiger charge is -2.16. The van der Waals surface area contributed by atoms with Gasteiger partial charge in [-0.25, -0.2) is 0 Å². The standard InChI is InChI=1S/C11H18N4O/c1-7-5-15(6-8(7)2)11(16)10-9(12)4-13-14(10)3/h4,7-8H,5-6,12H2,1-3H3. The van der Waals surface area contributed by atoms with Gasteiger partial charge in [-0.15, -0.1) is 0 Å². The zero-order valence-corrected chi connectivity index (χ0v) is 9.97. The van der Waals surface area contributed by atoms with E-state index in [0.717, 1.165) is 13.1 Å². The minimum absolute atomic E-state index is 0.00583. The Labute approximate surface area is 95.2 Å². The number of likely N-dealkylation sites (tertiary alicyclic amines) is 1. The van der Waals surface area contributed by atoms with Gasteiger partial charge in [-0.1, -0.05) is 13.8 Å². The van der Waals surface area contributed by atoms with E-state index in [1.54, 1.807) is 11.7 Å². The van der Waals surface area contributed by atoms with E-state index in [4.69, 9.17) is 5.73 Å². The maximum atomic E-state index is 12.2. The van der Waals surface area contributed by atoms with Gasteiger partial charge in [0, 0.05) is 20.1 Å². The minimum Gasteiger partial charge on any atom is -0.396 e. The van der Waals surface area contributed by atoms with Crippen LogP contribution >= 0.6 is 0 Å². The summed E-state index contributed by atoms with van der Waals surface area (Å²) in [6.07, 6.45) is 1.52. The van der Waals surface area contributed by atoms with Crippen molar-refractivity contribution in [3.63, 3.8) is 0 Å². The van der Waals surface area contributed by atoms with Gasteiger partial charge < -0.3 is 10.6 Å². The highest BCUT2D eigenvalue weighted by atomic mass is 16.2. The van der Waals surface area contributed by atoms with Crippen LogP contribution < -0.4 is 5.73 Å². The number of rotatable bonds is 1. The molecule has 1 aromatic heterocycles. The Balaban J connectivity index is 2.21. The Bertz CT molecular complexity index is 383. The molecular formula is C11H18N4O. The van der Waals surface area contributed by atoms with E-state index >= 15 is 0 Å². The van der Waals surface area contributed by atoms with Crippen molar-refractivity contribution >= 4 is 11.6 Å². The highest BCUT2D eigenvalue weighted by Gasteiger charge is 2.31. The third kappa shape index (κ3) is 1.66. The van der Waals surface area contributed by atoms with Crippen LogP contribution in [0.5, 0.6) is 0 Å². The van der Waals surface area contributed by atoms with Gasteiger partial charge in [0.2, 0.25) is 0 Å². The minimum atomic E-state index is -0.00583. The van der Waals surface area contributed by atoms with Crippen LogP contribution in [-0.4, -0.2) is 33.7 Å². The summed E-state index contributed by atoms with van der Waals surface area (Å²) in [6, 6.07) is 0. The molecule has 1 fully saturated rings. The van der Waals surface area contributed by atoms with Crippen LogP contribution in [0.25, 0.3) is 0 Å². The number of hydrogen-bond acceptors (Lipinski definition) is 3. The van der Waals surface area contributed by atoms with Gasteiger partial charge >= 0.3 is 0 Å². The number of carbonyl (C=O) groups is 1. The second-order valence-electron chi connectivity index (χ2n) is 4.74. The number of aryl methyl sites for hydroxylation is 1. The summed E-state index contributed by atoms with van der Waals surface area (Å²) in [5, 5.41) is 3.99. The summed E-state index contributed by atoms with van der Waals surface area (Å²) in [5.41, 5.74) is 6.71. The quantitative estimate of drug-likeness (QED) is 0.762. The molecule has 5 nitrogen and oxygen atoms in total. The van der Waals surface area contributed by atoms with Gasteiger partial charge in [0.15, 0.2) is 0 Å². The number of anilines is 1. The summed E-state index contributed by atoms with van der Waals surface area (Å²) in [5.74, 6) is 1.10. The molecule has 0 spiro atoms. The highest BCUT2D eigenvalue weighted by Crippen LogP contribution is 2.24. The van der Waals surface area contributed by atoms with Crippen molar-refractivity contribution in [2.75, 3.05) is 18.8 Å². The first-order chi connectivity index (χ1) is 7.50. The van der Waals surface area contributed by atoms with Crippen LogP contribution in [0.4, 0.5) is 5.69 Å². The third-order valence-corrected chi connectivity index (χ3v) is 3.45. The zero-order valence-electron chi connectivity index (χ0n) is 9.97. The number of carbonyl (C=O) groups excluding carboxylic acids is 1. The number of hydrogen-bond donors (Lipinski definition) is 1. The molecule has 1 amide bonds. The molecule has 2 rings (SSSR count). The van der Waals surface area contributed by atoms with E-state index in [0.29, 0.717) is 23.2 Å². The Morgan fingerprint density at radius 1 is 1.44 bits per heavy atom. The number of aromatic nitrogens is 2. The highest BCUT2D eigenvalue weighted by molar-refractivity contribution is 5.97. The average molecular weight is 222 g/mol. The van der Waals surface area contributed by atoms with E-state index in [9.17, 15) is 4.79 Å². The Hall–Kier alpha value is -1.52. The van der Waals surface area contributed by atoms with E-state index in [-0.39, 0.29) is 5.91 Å². The van der Waals surface area contributed by atoms with Crippen molar-refractivity contribution in [3.05, 3.63) is 11.9 Å². The second-order valence-corrected chi connectivity index (χ2v) is 4.74. The summed E-state index contributed by atoms with van der Waals surface area (Å²) in [4.78, 5) is 14.1. The molecule has 1 aliphatic heterocycles. The largest absolute Gasteiger partial charge is 0.396 e. The fourth-order valence-corrected chi connectivity index (χ4v) is 2.16. The van der Waals surface area contributed by atoms with Gasteiger partial charge in [-0.05, 0) is 11.8 Å². The number of nitrogens with zero attached hydrogens (tertiary/aromatic N) is 3. The molecule has 1 aliphatic rings. The van der Waals surface area contributed by atoms with Crippen molar-refractivity contribution in [2.24, 2.45) is 18.9 Å². The molecule has 2 N–H and O–H groups in total. The first-order valence-electron chi connectivity index (χ1n) is 5.57. The molecule has 2 unspecified atom stereocenters. The van der Waals surface area contributed by atoms with E-state index in [1.165, 1.54) is 6.20 Å². The summed E-state index contributed by atoms with van der Waals surface area (Å²) >= 11 is 0. The van der Waals surface area contributed by atoms with Gasteiger partial charge in [0.25, 0.3) is 5.91 Å². The fraction of sp³-hybridized carbons (Fsp3) is 0.636. The molecule has 2 atom stereocenters. The normalized spacial score (nSPS) is 25.1. The Morgan fingerprint density at radius 2 is 2.00 bits per heavy atom. The van der Waals surface area contributed by atoms with Crippen molar-refractivity contribution in [1.82, 2.24) is 14.7 Å². The molecule has 0 radical (unpaired) electrons. The molecule has 0 bridgehead atoms. The van der Waals surface area contributed by atoms with Crippen LogP contribution in [0.1, 0.15) is 24.3 Å². The maximum absolute atomic E-state index is 12.2. The molecule has 2 heterocycles. The van der Waals surface area contributed by atoms with E-state index in [1.807, 2.05) is 4.90 Å². The molecule has 0 aromatic carbocycles. The van der Waals surface area contributed by atoms with E-state index in [2.05, 4.69) is 18.9 Å². The number of amides is 1. The Morgan fingerprint density at radius 3 is 2.44 bits per heavy atom. The topological polar surface area (TPSA) is 64.2 Å². The monoisotopic (exact) mass is 222 g/mol. The SMILES string of the molecule is CC1CN(C(=O)c2c(N)cnn2C)CC1C. The summed E-state index contributed by atoms with van der Waals surface area (Å²) in [7, 11) is 1.74. The number of nitrogen functional groups attached to an aromatic ring is 1. The fourth-order valence-electron chi connectivity index (χ4n) is 2.16. The molecule has 1 aromatic rings. The van der Waals surface area contributed by atoms with Crippen LogP contribution in [0.15, 0.2) is 6.20 Å². The molecule has 1 saturated heterocycles. The summed E-state index contributed by atoms with van der Waals surface area (Å²) in [6.45, 7) is 5.96. The van der Waals surface area contributed by atoms with Crippen molar-refractivity contribution in [3.8, 4) is 0 Å². The molecule has 0 aliphatic carbocycles. The average Bonchev–Trinajstić information content (AvgIpc) is 2.72. The number of nitrogens with two attached hydrogens (primary N) is 1. The van der Waals surface area contributed by atoms with Gasteiger partial charge in [0.1, 0.15) is 5.69 Å². The van der Waals surface area contributed by atoms with Crippen molar-refractivity contribution < 1.29 is 4.79 Å². The molecule has 88 valence electrons. The van der Waals surface area contributed by atoms with Gasteiger partial charge in [-0.2, -0.15) is 5.10 Å². The maximum Gasteiger partial charge on any atom is 0.274 e. The third-order valence-electron chi connectivity index (χ3n) is 3.45. The molecule has 16 heavy (non-hydrogen) atoms. The smallest absolute Gasteiger partial charge is 0.274 e. The molecular weight excluding hydrogens is 204 g/mol. The first-order valence-corrected chi connectivity index (χ1v) is 5.57.